The standard InChI is InChI=1S/C26H30FN5O4S/c1-30-9-7-20(28-13-16-3-5-17(27)6-4-16)25(34)32-14-19(33)11-18(32)15-36-23-8-10-37-24(23)21-12-22(26(30)35)31(2)29-21/h3-6,8,10,12,18-20,28,33H,7,9,11,13-15H2,1-2H3/t18-,19-,20-/m0/s1. The van der Waals surface area contributed by atoms with Gasteiger partial charge in [-0.15, -0.1) is 11.3 Å². The van der Waals surface area contributed by atoms with Gasteiger partial charge < -0.3 is 25.0 Å². The largest absolute Gasteiger partial charge is 0.490 e. The van der Waals surface area contributed by atoms with Crippen LogP contribution in [0.2, 0.25) is 0 Å². The van der Waals surface area contributed by atoms with Gasteiger partial charge >= 0.3 is 0 Å². The molecule has 2 aliphatic heterocycles. The van der Waals surface area contributed by atoms with E-state index in [1.807, 2.05) is 11.4 Å². The number of hydrogen-bond donors (Lipinski definition) is 2. The molecule has 0 unspecified atom stereocenters. The molecule has 2 bridgehead atoms. The monoisotopic (exact) mass is 527 g/mol. The van der Waals surface area contributed by atoms with Gasteiger partial charge in [0.05, 0.1) is 23.1 Å². The zero-order valence-corrected chi connectivity index (χ0v) is 21.6. The Hall–Kier alpha value is -3.28. The lowest BCUT2D eigenvalue weighted by atomic mass is 10.1. The van der Waals surface area contributed by atoms with Crippen LogP contribution in [0.15, 0.2) is 41.8 Å². The molecule has 3 atom stereocenters. The minimum absolute atomic E-state index is 0.157. The molecule has 9 nitrogen and oxygen atoms in total. The number of aromatic nitrogens is 2. The molecule has 2 aliphatic rings. The average Bonchev–Trinajstić information content (AvgIpc) is 3.60. The maximum absolute atomic E-state index is 13.7. The highest BCUT2D eigenvalue weighted by Crippen LogP contribution is 2.36. The molecule has 11 heteroatoms. The fraction of sp³-hybridized carbons (Fsp3) is 0.423. The van der Waals surface area contributed by atoms with Gasteiger partial charge in [0.15, 0.2) is 0 Å². The summed E-state index contributed by atoms with van der Waals surface area (Å²) < 4.78 is 21.1. The lowest BCUT2D eigenvalue weighted by Crippen LogP contribution is -2.50. The van der Waals surface area contributed by atoms with Crippen LogP contribution >= 0.6 is 11.3 Å². The highest BCUT2D eigenvalue weighted by molar-refractivity contribution is 7.14. The highest BCUT2D eigenvalue weighted by Gasteiger charge is 2.38. The third kappa shape index (κ3) is 5.39. The predicted molar refractivity (Wildman–Crippen MR) is 137 cm³/mol. The molecule has 0 radical (unpaired) electrons. The molecule has 2 aromatic heterocycles. The van der Waals surface area contributed by atoms with E-state index in [0.29, 0.717) is 43.1 Å². The number of halogens is 1. The number of ether oxygens (including phenoxy) is 1. The van der Waals surface area contributed by atoms with E-state index in [1.54, 1.807) is 46.8 Å². The number of carbonyl (C=O) groups is 2. The highest BCUT2D eigenvalue weighted by atomic mass is 32.1. The van der Waals surface area contributed by atoms with Crippen LogP contribution in [0.3, 0.4) is 0 Å². The number of aryl methyl sites for hydroxylation is 1. The van der Waals surface area contributed by atoms with Crippen LogP contribution in [-0.4, -0.2) is 81.4 Å². The smallest absolute Gasteiger partial charge is 0.271 e. The number of aliphatic hydroxyl groups is 1. The van der Waals surface area contributed by atoms with Crippen LogP contribution in [0, 0.1) is 5.82 Å². The van der Waals surface area contributed by atoms with E-state index in [-0.39, 0.29) is 36.8 Å². The Labute approximate surface area is 218 Å². The van der Waals surface area contributed by atoms with E-state index in [0.717, 1.165) is 10.4 Å². The lowest BCUT2D eigenvalue weighted by Gasteiger charge is -2.30. The van der Waals surface area contributed by atoms with Crippen molar-refractivity contribution in [2.45, 2.75) is 37.6 Å². The number of rotatable bonds is 3. The number of nitrogens with one attached hydrogen (secondary N) is 1. The molecule has 5 rings (SSSR count). The fourth-order valence-electron chi connectivity index (χ4n) is 4.86. The minimum Gasteiger partial charge on any atom is -0.490 e. The Bertz CT molecular complexity index is 1280. The summed E-state index contributed by atoms with van der Waals surface area (Å²) in [5.74, 6) is -0.0509. The second-order valence-corrected chi connectivity index (χ2v) is 10.5. The third-order valence-corrected chi connectivity index (χ3v) is 7.85. The van der Waals surface area contributed by atoms with Gasteiger partial charge in [0.2, 0.25) is 5.91 Å². The average molecular weight is 528 g/mol. The number of thiophene rings is 1. The van der Waals surface area contributed by atoms with Crippen molar-refractivity contribution in [1.82, 2.24) is 24.9 Å². The lowest BCUT2D eigenvalue weighted by molar-refractivity contribution is -0.135. The van der Waals surface area contributed by atoms with Crippen LogP contribution in [0.5, 0.6) is 5.75 Å². The summed E-state index contributed by atoms with van der Waals surface area (Å²) in [6.45, 7) is 1.13. The Morgan fingerprint density at radius 1 is 1.22 bits per heavy atom. The number of aliphatic hydroxyl groups excluding tert-OH is 1. The van der Waals surface area contributed by atoms with Gasteiger partial charge in [-0.3, -0.25) is 14.3 Å². The molecule has 3 aromatic rings. The molecule has 1 aromatic carbocycles. The number of fused-ring (bicyclic) bond motifs is 5. The summed E-state index contributed by atoms with van der Waals surface area (Å²) in [6.07, 6.45) is 0.140. The van der Waals surface area contributed by atoms with Gasteiger partial charge in [-0.25, -0.2) is 4.39 Å². The number of nitrogens with zero attached hydrogens (tertiary/aromatic N) is 4. The normalized spacial score (nSPS) is 22.8. The maximum atomic E-state index is 13.7. The molecule has 2 N–H and O–H groups in total. The van der Waals surface area contributed by atoms with Crippen LogP contribution in [-0.2, 0) is 18.4 Å². The van der Waals surface area contributed by atoms with E-state index in [9.17, 15) is 19.1 Å². The zero-order chi connectivity index (χ0) is 26.1. The fourth-order valence-corrected chi connectivity index (χ4v) is 5.65. The summed E-state index contributed by atoms with van der Waals surface area (Å²) >= 11 is 1.47. The first kappa shape index (κ1) is 25.4. The van der Waals surface area contributed by atoms with Crippen LogP contribution in [0.25, 0.3) is 10.6 Å². The third-order valence-electron chi connectivity index (χ3n) is 6.93. The van der Waals surface area contributed by atoms with Crippen molar-refractivity contribution in [2.75, 3.05) is 26.7 Å². The Kier molecular flexibility index (Phi) is 7.27. The first-order valence-electron chi connectivity index (χ1n) is 12.3. The maximum Gasteiger partial charge on any atom is 0.271 e. The summed E-state index contributed by atoms with van der Waals surface area (Å²) in [4.78, 5) is 31.1. The minimum atomic E-state index is -0.640. The second-order valence-electron chi connectivity index (χ2n) is 9.57. The summed E-state index contributed by atoms with van der Waals surface area (Å²) in [5.41, 5.74) is 1.93. The molecule has 1 fully saturated rings. The second kappa shape index (κ2) is 10.6. The van der Waals surface area contributed by atoms with E-state index < -0.39 is 12.1 Å². The molecule has 37 heavy (non-hydrogen) atoms. The molecule has 0 saturated carbocycles. The van der Waals surface area contributed by atoms with Crippen LogP contribution < -0.4 is 10.1 Å². The van der Waals surface area contributed by atoms with Crippen LogP contribution in [0.1, 0.15) is 28.9 Å². The first-order chi connectivity index (χ1) is 17.8. The van der Waals surface area contributed by atoms with Crippen molar-refractivity contribution >= 4 is 23.2 Å². The molecular weight excluding hydrogens is 497 g/mol. The summed E-state index contributed by atoms with van der Waals surface area (Å²) in [6, 6.07) is 8.81. The van der Waals surface area contributed by atoms with Crippen molar-refractivity contribution in [3.05, 3.63) is 58.9 Å². The first-order valence-corrected chi connectivity index (χ1v) is 13.1. The topological polar surface area (TPSA) is 99.9 Å². The van der Waals surface area contributed by atoms with Gasteiger partial charge in [0.1, 0.15) is 29.6 Å². The summed E-state index contributed by atoms with van der Waals surface area (Å²) in [7, 11) is 3.44. The number of hydrogen-bond acceptors (Lipinski definition) is 7. The van der Waals surface area contributed by atoms with E-state index >= 15 is 0 Å². The molecule has 2 amide bonds. The molecule has 196 valence electrons. The van der Waals surface area contributed by atoms with Crippen molar-refractivity contribution in [3.8, 4) is 16.3 Å². The van der Waals surface area contributed by atoms with Crippen molar-refractivity contribution in [1.29, 1.82) is 0 Å². The van der Waals surface area contributed by atoms with Crippen molar-refractivity contribution in [3.63, 3.8) is 0 Å². The van der Waals surface area contributed by atoms with Crippen molar-refractivity contribution in [2.24, 2.45) is 7.05 Å². The molecule has 0 aliphatic carbocycles. The van der Waals surface area contributed by atoms with Gasteiger partial charge in [-0.05, 0) is 48.1 Å². The van der Waals surface area contributed by atoms with E-state index in [1.165, 1.54) is 23.5 Å². The van der Waals surface area contributed by atoms with Crippen LogP contribution in [0.4, 0.5) is 4.39 Å². The van der Waals surface area contributed by atoms with Crippen molar-refractivity contribution < 1.29 is 23.8 Å². The van der Waals surface area contributed by atoms with Gasteiger partial charge in [0, 0.05) is 33.7 Å². The van der Waals surface area contributed by atoms with E-state index in [2.05, 4.69) is 10.4 Å². The molecular formula is C26H30FN5O4S. The van der Waals surface area contributed by atoms with Gasteiger partial charge in [0.25, 0.3) is 5.91 Å². The molecule has 0 spiro atoms. The molecule has 4 heterocycles. The Morgan fingerprint density at radius 2 is 2.00 bits per heavy atom. The Balaban J connectivity index is 1.44. The number of carbonyl (C=O) groups excluding carboxylic acids is 2. The van der Waals surface area contributed by atoms with Gasteiger partial charge in [-0.2, -0.15) is 5.10 Å². The predicted octanol–water partition coefficient (Wildman–Crippen LogP) is 2.26. The molecule has 1 saturated heterocycles. The number of amides is 2. The quantitative estimate of drug-likeness (QED) is 0.542. The SMILES string of the molecule is CN1CC[C@H](NCc2ccc(F)cc2)C(=O)N2C[C@@H](O)C[C@H]2COc2ccsc2-c2cc(n(C)n2)C1=O. The zero-order valence-electron chi connectivity index (χ0n) is 20.8. The van der Waals surface area contributed by atoms with Gasteiger partial charge in [-0.1, -0.05) is 12.1 Å². The summed E-state index contributed by atoms with van der Waals surface area (Å²) in [5, 5.41) is 20.2. The van der Waals surface area contributed by atoms with E-state index in [4.69, 9.17) is 4.74 Å². The Morgan fingerprint density at radius 3 is 2.78 bits per heavy atom. The number of benzene rings is 1.